The molecule has 1 aliphatic heterocycles. The summed E-state index contributed by atoms with van der Waals surface area (Å²) in [5.74, 6) is -2.81. The molecule has 1 aliphatic rings. The van der Waals surface area contributed by atoms with E-state index in [0.29, 0.717) is 12.8 Å². The van der Waals surface area contributed by atoms with Crippen molar-refractivity contribution in [3.63, 3.8) is 0 Å². The minimum atomic E-state index is -2.43. The van der Waals surface area contributed by atoms with E-state index in [-0.39, 0.29) is 24.7 Å². The number of hydrogen-bond donors (Lipinski definition) is 1. The molecule has 0 aromatic carbocycles. The van der Waals surface area contributed by atoms with Crippen molar-refractivity contribution in [1.82, 2.24) is 5.32 Å². The van der Waals surface area contributed by atoms with Crippen molar-refractivity contribution in [3.05, 3.63) is 0 Å². The van der Waals surface area contributed by atoms with Crippen LogP contribution in [0.25, 0.3) is 0 Å². The Balaban J connectivity index is 0.00000121. The van der Waals surface area contributed by atoms with Gasteiger partial charge in [-0.05, 0) is 25.9 Å². The highest BCUT2D eigenvalue weighted by Gasteiger charge is 2.37. The van der Waals surface area contributed by atoms with Crippen molar-refractivity contribution in [1.29, 1.82) is 0 Å². The van der Waals surface area contributed by atoms with Crippen molar-refractivity contribution in [2.24, 2.45) is 5.92 Å². The number of rotatable bonds is 2. The molecule has 1 saturated heterocycles. The second-order valence-corrected chi connectivity index (χ2v) is 3.14. The Hall–Kier alpha value is 0.110. The van der Waals surface area contributed by atoms with E-state index in [1.807, 2.05) is 0 Å². The third kappa shape index (κ3) is 2.87. The van der Waals surface area contributed by atoms with Gasteiger partial charge in [0.1, 0.15) is 0 Å². The fourth-order valence-electron chi connectivity index (χ4n) is 1.53. The summed E-state index contributed by atoms with van der Waals surface area (Å²) in [6.07, 6.45) is 1.24. The number of halogens is 3. The van der Waals surface area contributed by atoms with Gasteiger partial charge in [-0.2, -0.15) is 0 Å². The van der Waals surface area contributed by atoms with Crippen LogP contribution in [0.1, 0.15) is 26.2 Å². The molecule has 1 N–H and O–H groups in total. The molecule has 1 heterocycles. The first-order chi connectivity index (χ1) is 5.17. The highest BCUT2D eigenvalue weighted by Crippen LogP contribution is 2.33. The summed E-state index contributed by atoms with van der Waals surface area (Å²) >= 11 is 0. The van der Waals surface area contributed by atoms with Crippen LogP contribution in [0.4, 0.5) is 8.78 Å². The number of piperidine rings is 1. The molecule has 1 rings (SSSR count). The zero-order valence-corrected chi connectivity index (χ0v) is 8.09. The molecular formula is C8H16ClF2N. The number of alkyl halides is 2. The molecule has 12 heavy (non-hydrogen) atoms. The van der Waals surface area contributed by atoms with E-state index in [4.69, 9.17) is 0 Å². The van der Waals surface area contributed by atoms with Gasteiger partial charge in [0.05, 0.1) is 0 Å². The summed E-state index contributed by atoms with van der Waals surface area (Å²) in [6, 6.07) is 0. The van der Waals surface area contributed by atoms with Crippen LogP contribution >= 0.6 is 12.4 Å². The van der Waals surface area contributed by atoms with Crippen LogP contribution in [-0.4, -0.2) is 19.0 Å². The van der Waals surface area contributed by atoms with Crippen molar-refractivity contribution in [2.45, 2.75) is 32.1 Å². The quantitative estimate of drug-likeness (QED) is 0.721. The molecule has 4 heteroatoms. The Morgan fingerprint density at radius 3 is 2.25 bits per heavy atom. The standard InChI is InChI=1S/C8H15F2N.ClH/c1-2-8(9,10)7-3-5-11-6-4-7;/h7,11H,2-6H2,1H3;1H. The Morgan fingerprint density at radius 2 is 1.83 bits per heavy atom. The molecule has 0 unspecified atom stereocenters. The van der Waals surface area contributed by atoms with Gasteiger partial charge in [-0.15, -0.1) is 12.4 Å². The average molecular weight is 200 g/mol. The molecule has 0 radical (unpaired) electrons. The topological polar surface area (TPSA) is 12.0 Å². The highest BCUT2D eigenvalue weighted by atomic mass is 35.5. The van der Waals surface area contributed by atoms with Crippen molar-refractivity contribution < 1.29 is 8.78 Å². The van der Waals surface area contributed by atoms with Gasteiger partial charge in [0, 0.05) is 12.3 Å². The van der Waals surface area contributed by atoms with E-state index in [2.05, 4.69) is 5.32 Å². The lowest BCUT2D eigenvalue weighted by molar-refractivity contribution is -0.0710. The van der Waals surface area contributed by atoms with Gasteiger partial charge < -0.3 is 5.32 Å². The maximum atomic E-state index is 13.0. The molecule has 0 aliphatic carbocycles. The molecule has 0 amide bonds. The third-order valence-corrected chi connectivity index (χ3v) is 2.41. The van der Waals surface area contributed by atoms with E-state index in [1.54, 1.807) is 6.92 Å². The predicted octanol–water partition coefficient (Wildman–Crippen LogP) is 2.45. The lowest BCUT2D eigenvalue weighted by atomic mass is 9.90. The van der Waals surface area contributed by atoms with Gasteiger partial charge >= 0.3 is 0 Å². The van der Waals surface area contributed by atoms with E-state index >= 15 is 0 Å². The van der Waals surface area contributed by atoms with Crippen LogP contribution in [0, 0.1) is 5.92 Å². The highest BCUT2D eigenvalue weighted by molar-refractivity contribution is 5.85. The van der Waals surface area contributed by atoms with Gasteiger partial charge in [0.2, 0.25) is 0 Å². The molecule has 1 fully saturated rings. The molecule has 0 saturated carbocycles. The van der Waals surface area contributed by atoms with Crippen LogP contribution in [0.2, 0.25) is 0 Å². The smallest absolute Gasteiger partial charge is 0.250 e. The third-order valence-electron chi connectivity index (χ3n) is 2.41. The lowest BCUT2D eigenvalue weighted by Crippen LogP contribution is -2.37. The second kappa shape index (κ2) is 4.97. The van der Waals surface area contributed by atoms with Crippen molar-refractivity contribution in [2.75, 3.05) is 13.1 Å². The molecule has 0 bridgehead atoms. The van der Waals surface area contributed by atoms with Crippen LogP contribution in [0.3, 0.4) is 0 Å². The molecule has 0 atom stereocenters. The maximum absolute atomic E-state index is 13.0. The van der Waals surface area contributed by atoms with Gasteiger partial charge in [0.25, 0.3) is 5.92 Å². The minimum Gasteiger partial charge on any atom is -0.317 e. The zero-order valence-electron chi connectivity index (χ0n) is 7.28. The van der Waals surface area contributed by atoms with E-state index in [9.17, 15) is 8.78 Å². The van der Waals surface area contributed by atoms with Gasteiger partial charge in [-0.25, -0.2) is 8.78 Å². The van der Waals surface area contributed by atoms with E-state index in [0.717, 1.165) is 13.1 Å². The average Bonchev–Trinajstić information content (AvgIpc) is 2.06. The molecule has 1 nitrogen and oxygen atoms in total. The summed E-state index contributed by atoms with van der Waals surface area (Å²) in [4.78, 5) is 0. The number of nitrogens with one attached hydrogen (secondary N) is 1. The molecule has 0 aromatic heterocycles. The first-order valence-electron chi connectivity index (χ1n) is 4.25. The first-order valence-corrected chi connectivity index (χ1v) is 4.25. The fourth-order valence-corrected chi connectivity index (χ4v) is 1.53. The summed E-state index contributed by atoms with van der Waals surface area (Å²) in [6.45, 7) is 3.06. The number of hydrogen-bond acceptors (Lipinski definition) is 1. The zero-order chi connectivity index (χ0) is 8.32. The van der Waals surface area contributed by atoms with Crippen molar-refractivity contribution in [3.8, 4) is 0 Å². The van der Waals surface area contributed by atoms with Crippen LogP contribution in [0.5, 0.6) is 0 Å². The first kappa shape index (κ1) is 12.1. The summed E-state index contributed by atoms with van der Waals surface area (Å²) in [5, 5.41) is 3.08. The molecular weight excluding hydrogens is 184 g/mol. The van der Waals surface area contributed by atoms with Crippen molar-refractivity contribution >= 4 is 12.4 Å². The van der Waals surface area contributed by atoms with E-state index in [1.165, 1.54) is 0 Å². The summed E-state index contributed by atoms with van der Waals surface area (Å²) in [7, 11) is 0. The summed E-state index contributed by atoms with van der Waals surface area (Å²) in [5.41, 5.74) is 0. The monoisotopic (exact) mass is 199 g/mol. The van der Waals surface area contributed by atoms with Gasteiger partial charge in [-0.3, -0.25) is 0 Å². The Kier molecular flexibility index (Phi) is 5.02. The molecule has 0 spiro atoms. The maximum Gasteiger partial charge on any atom is 0.250 e. The van der Waals surface area contributed by atoms with Gasteiger partial charge in [0.15, 0.2) is 0 Å². The van der Waals surface area contributed by atoms with Gasteiger partial charge in [-0.1, -0.05) is 6.92 Å². The lowest BCUT2D eigenvalue weighted by Gasteiger charge is -2.29. The molecule has 0 aromatic rings. The SMILES string of the molecule is CCC(F)(F)C1CCNCC1.Cl. The van der Waals surface area contributed by atoms with Crippen LogP contribution in [0.15, 0.2) is 0 Å². The predicted molar refractivity (Wildman–Crippen MR) is 48.1 cm³/mol. The van der Waals surface area contributed by atoms with E-state index < -0.39 is 5.92 Å². The van der Waals surface area contributed by atoms with Crippen LogP contribution in [-0.2, 0) is 0 Å². The fraction of sp³-hybridized carbons (Fsp3) is 1.00. The summed E-state index contributed by atoms with van der Waals surface area (Å²) < 4.78 is 26.0. The second-order valence-electron chi connectivity index (χ2n) is 3.14. The molecule has 74 valence electrons. The largest absolute Gasteiger partial charge is 0.317 e. The van der Waals surface area contributed by atoms with Crippen LogP contribution < -0.4 is 5.32 Å². The Morgan fingerprint density at radius 1 is 1.33 bits per heavy atom. The minimum absolute atomic E-state index is 0. The Bertz CT molecular complexity index is 124. The normalized spacial score (nSPS) is 20.2. The Labute approximate surface area is 78.3 Å².